The summed E-state index contributed by atoms with van der Waals surface area (Å²) in [5.74, 6) is -0.128. The first-order chi connectivity index (χ1) is 11.1. The second kappa shape index (κ2) is 6.28. The van der Waals surface area contributed by atoms with E-state index >= 15 is 0 Å². The van der Waals surface area contributed by atoms with Gasteiger partial charge in [-0.05, 0) is 37.1 Å². The summed E-state index contributed by atoms with van der Waals surface area (Å²) in [6, 6.07) is 6.49. The van der Waals surface area contributed by atoms with Gasteiger partial charge in [-0.3, -0.25) is 9.78 Å². The molecule has 7 heteroatoms. The highest BCUT2D eigenvalue weighted by Gasteiger charge is 2.41. The van der Waals surface area contributed by atoms with Crippen molar-refractivity contribution in [2.24, 2.45) is 5.73 Å². The number of hydrogen-bond donors (Lipinski definition) is 2. The Morgan fingerprint density at radius 1 is 1.30 bits per heavy atom. The molecule has 6 nitrogen and oxygen atoms in total. The minimum Gasteiger partial charge on any atom is -0.369 e. The summed E-state index contributed by atoms with van der Waals surface area (Å²) in [5.41, 5.74) is 5.86. The first-order valence-electron chi connectivity index (χ1n) is 7.55. The number of nitrogens with one attached hydrogen (secondary N) is 1. The second-order valence-corrected chi connectivity index (χ2v) is 5.87. The molecule has 0 spiro atoms. The lowest BCUT2D eigenvalue weighted by Crippen LogP contribution is -2.42. The van der Waals surface area contributed by atoms with Gasteiger partial charge in [-0.1, -0.05) is 6.42 Å². The number of nitrogens with zero attached hydrogens (tertiary/aromatic N) is 3. The van der Waals surface area contributed by atoms with Crippen molar-refractivity contribution >= 4 is 11.7 Å². The van der Waals surface area contributed by atoms with Gasteiger partial charge in [0.15, 0.2) is 0 Å². The van der Waals surface area contributed by atoms with Crippen molar-refractivity contribution in [3.63, 3.8) is 0 Å². The molecule has 0 saturated heterocycles. The third kappa shape index (κ3) is 3.28. The molecule has 2 heterocycles. The van der Waals surface area contributed by atoms with Crippen LogP contribution in [0.4, 0.5) is 10.2 Å². The summed E-state index contributed by atoms with van der Waals surface area (Å²) in [6.45, 7) is 0.546. The van der Waals surface area contributed by atoms with E-state index in [-0.39, 0.29) is 17.7 Å². The molecule has 0 atom stereocenters. The summed E-state index contributed by atoms with van der Waals surface area (Å²) in [6.07, 6.45) is 4.52. The van der Waals surface area contributed by atoms with Crippen LogP contribution in [-0.2, 0) is 16.6 Å². The minimum atomic E-state index is -0.445. The van der Waals surface area contributed by atoms with Crippen molar-refractivity contribution in [1.82, 2.24) is 15.2 Å². The van der Waals surface area contributed by atoms with Crippen molar-refractivity contribution in [1.29, 1.82) is 0 Å². The Morgan fingerprint density at radius 3 is 2.70 bits per heavy atom. The van der Waals surface area contributed by atoms with Crippen molar-refractivity contribution in [2.75, 3.05) is 11.9 Å². The second-order valence-electron chi connectivity index (χ2n) is 5.87. The number of pyridine rings is 1. The number of primary amides is 1. The van der Waals surface area contributed by atoms with Crippen LogP contribution in [0.1, 0.15) is 30.7 Å². The molecule has 2 aromatic rings. The highest BCUT2D eigenvalue weighted by Crippen LogP contribution is 2.43. The molecule has 2 aromatic heterocycles. The minimum absolute atomic E-state index is 0.0658. The summed E-state index contributed by atoms with van der Waals surface area (Å²) in [5, 5.41) is 11.2. The maximum Gasteiger partial charge on any atom is 0.223 e. The number of nitrogens with two attached hydrogens (primary N) is 1. The van der Waals surface area contributed by atoms with Gasteiger partial charge in [0.05, 0.1) is 17.8 Å². The number of aromatic nitrogens is 3. The molecule has 23 heavy (non-hydrogen) atoms. The lowest BCUT2D eigenvalue weighted by Gasteiger charge is -2.41. The van der Waals surface area contributed by atoms with Crippen LogP contribution in [0.2, 0.25) is 0 Å². The molecular weight excluding hydrogens is 297 g/mol. The number of rotatable bonds is 6. The molecule has 3 N–H and O–H groups in total. The van der Waals surface area contributed by atoms with Crippen molar-refractivity contribution in [3.05, 3.63) is 47.7 Å². The highest BCUT2D eigenvalue weighted by atomic mass is 19.1. The van der Waals surface area contributed by atoms with Crippen LogP contribution in [0.25, 0.3) is 0 Å². The maximum absolute atomic E-state index is 14.0. The maximum atomic E-state index is 14.0. The van der Waals surface area contributed by atoms with Gasteiger partial charge in [-0.15, -0.1) is 5.10 Å². The number of hydrogen-bond acceptors (Lipinski definition) is 5. The number of carbonyl (C=O) groups is 1. The number of carbonyl (C=O) groups excluding carboxylic acids is 1. The number of amides is 1. The third-order valence-corrected chi connectivity index (χ3v) is 4.25. The van der Waals surface area contributed by atoms with Crippen LogP contribution in [-0.4, -0.2) is 27.6 Å². The smallest absolute Gasteiger partial charge is 0.223 e. The predicted molar refractivity (Wildman–Crippen MR) is 83.1 cm³/mol. The molecule has 0 aromatic carbocycles. The van der Waals surface area contributed by atoms with E-state index in [1.807, 2.05) is 0 Å². The Balaban J connectivity index is 1.69. The Hall–Kier alpha value is -2.57. The SMILES string of the molecule is NC(=O)Cc1ccc(NCC2(c3ncccc3F)CCC2)nn1. The molecule has 120 valence electrons. The highest BCUT2D eigenvalue weighted by molar-refractivity contribution is 5.76. The predicted octanol–water partition coefficient (Wildman–Crippen LogP) is 1.57. The van der Waals surface area contributed by atoms with Gasteiger partial charge in [0.1, 0.15) is 11.6 Å². The quantitative estimate of drug-likeness (QED) is 0.844. The van der Waals surface area contributed by atoms with Crippen molar-refractivity contribution in [2.45, 2.75) is 31.1 Å². The topological polar surface area (TPSA) is 93.8 Å². The number of halogens is 1. The number of anilines is 1. The average Bonchev–Trinajstić information content (AvgIpc) is 2.49. The van der Waals surface area contributed by atoms with Gasteiger partial charge in [0, 0.05) is 18.2 Å². The van der Waals surface area contributed by atoms with Crippen LogP contribution in [0.3, 0.4) is 0 Å². The standard InChI is InChI=1S/C16H18FN5O/c17-12-3-1-8-19-15(12)16(6-2-7-16)10-20-14-5-4-11(21-22-14)9-13(18)23/h1,3-5,8H,2,6-7,9-10H2,(H2,18,23)(H,20,22). The van der Waals surface area contributed by atoms with E-state index in [2.05, 4.69) is 20.5 Å². The summed E-state index contributed by atoms with van der Waals surface area (Å²) in [7, 11) is 0. The van der Waals surface area contributed by atoms with E-state index in [4.69, 9.17) is 5.73 Å². The van der Waals surface area contributed by atoms with Gasteiger partial charge in [0.2, 0.25) is 5.91 Å². The van der Waals surface area contributed by atoms with E-state index in [0.717, 1.165) is 19.3 Å². The molecule has 0 aliphatic heterocycles. The van der Waals surface area contributed by atoms with Gasteiger partial charge < -0.3 is 11.1 Å². The van der Waals surface area contributed by atoms with Crippen molar-refractivity contribution < 1.29 is 9.18 Å². The van der Waals surface area contributed by atoms with Crippen LogP contribution in [0, 0.1) is 5.82 Å². The zero-order valence-electron chi connectivity index (χ0n) is 12.6. The molecule has 3 rings (SSSR count). The van der Waals surface area contributed by atoms with Crippen molar-refractivity contribution in [3.8, 4) is 0 Å². The monoisotopic (exact) mass is 315 g/mol. The molecule has 1 aliphatic rings. The van der Waals surface area contributed by atoms with Crippen LogP contribution >= 0.6 is 0 Å². The Morgan fingerprint density at radius 2 is 2.13 bits per heavy atom. The molecule has 1 aliphatic carbocycles. The van der Waals surface area contributed by atoms with Gasteiger partial charge in [-0.2, -0.15) is 5.10 Å². The largest absolute Gasteiger partial charge is 0.369 e. The Kier molecular flexibility index (Phi) is 4.18. The molecule has 0 bridgehead atoms. The summed E-state index contributed by atoms with van der Waals surface area (Å²) >= 11 is 0. The van der Waals surface area contributed by atoms with E-state index in [0.29, 0.717) is 23.8 Å². The van der Waals surface area contributed by atoms with E-state index in [1.165, 1.54) is 6.07 Å². The molecule has 1 amide bonds. The Labute approximate surface area is 133 Å². The molecule has 0 radical (unpaired) electrons. The first kappa shape index (κ1) is 15.3. The van der Waals surface area contributed by atoms with E-state index < -0.39 is 5.91 Å². The Bertz CT molecular complexity index is 700. The zero-order valence-corrected chi connectivity index (χ0v) is 12.6. The molecular formula is C16H18FN5O. The van der Waals surface area contributed by atoms with E-state index in [1.54, 1.807) is 24.4 Å². The zero-order chi connectivity index (χ0) is 16.3. The summed E-state index contributed by atoms with van der Waals surface area (Å²) in [4.78, 5) is 15.1. The lowest BCUT2D eigenvalue weighted by molar-refractivity contribution is -0.117. The van der Waals surface area contributed by atoms with E-state index in [9.17, 15) is 9.18 Å². The fraction of sp³-hybridized carbons (Fsp3) is 0.375. The van der Waals surface area contributed by atoms with Gasteiger partial charge in [0.25, 0.3) is 0 Å². The van der Waals surface area contributed by atoms with Gasteiger partial charge in [-0.25, -0.2) is 4.39 Å². The third-order valence-electron chi connectivity index (χ3n) is 4.25. The molecule has 1 saturated carbocycles. The first-order valence-corrected chi connectivity index (χ1v) is 7.55. The average molecular weight is 315 g/mol. The fourth-order valence-corrected chi connectivity index (χ4v) is 2.86. The van der Waals surface area contributed by atoms with Crippen LogP contribution in [0.5, 0.6) is 0 Å². The van der Waals surface area contributed by atoms with Crippen LogP contribution < -0.4 is 11.1 Å². The molecule has 0 unspecified atom stereocenters. The summed E-state index contributed by atoms with van der Waals surface area (Å²) < 4.78 is 14.0. The fourth-order valence-electron chi connectivity index (χ4n) is 2.86. The normalized spacial score (nSPS) is 15.7. The van der Waals surface area contributed by atoms with Crippen LogP contribution in [0.15, 0.2) is 30.5 Å². The lowest BCUT2D eigenvalue weighted by atomic mass is 9.66. The molecule has 1 fully saturated rings. The van der Waals surface area contributed by atoms with Gasteiger partial charge >= 0.3 is 0 Å².